The van der Waals surface area contributed by atoms with Gasteiger partial charge >= 0.3 is 6.03 Å². The molecule has 2 N–H and O–H groups in total. The summed E-state index contributed by atoms with van der Waals surface area (Å²) >= 11 is 2.65. The smallest absolute Gasteiger partial charge is 0.321 e. The molecule has 2 aromatic heterocycles. The van der Waals surface area contributed by atoms with Gasteiger partial charge in [-0.2, -0.15) is 0 Å². The summed E-state index contributed by atoms with van der Waals surface area (Å²) in [4.78, 5) is 42.9. The molecule has 27 heavy (non-hydrogen) atoms. The Kier molecular flexibility index (Phi) is 7.81. The first-order chi connectivity index (χ1) is 12.9. The van der Waals surface area contributed by atoms with Crippen LogP contribution in [0.25, 0.3) is 10.2 Å². The fourth-order valence-electron chi connectivity index (χ4n) is 2.36. The maximum absolute atomic E-state index is 13.0. The zero-order chi connectivity index (χ0) is 20.0. The minimum atomic E-state index is -0.592. The summed E-state index contributed by atoms with van der Waals surface area (Å²) in [6.07, 6.45) is 1.48. The van der Waals surface area contributed by atoms with E-state index in [2.05, 4.69) is 15.6 Å². The number of nitrogens with zero attached hydrogens (tertiary/aromatic N) is 2. The number of methoxy groups -OCH3 is 1. The Morgan fingerprint density at radius 1 is 1.44 bits per heavy atom. The summed E-state index contributed by atoms with van der Waals surface area (Å²) in [5.41, 5.74) is -0.117. The van der Waals surface area contributed by atoms with Crippen LogP contribution in [0.4, 0.5) is 4.79 Å². The van der Waals surface area contributed by atoms with Gasteiger partial charge in [0.25, 0.3) is 5.56 Å². The number of imide groups is 1. The van der Waals surface area contributed by atoms with Crippen molar-refractivity contribution < 1.29 is 14.3 Å². The van der Waals surface area contributed by atoms with Crippen molar-refractivity contribution in [2.45, 2.75) is 43.6 Å². The summed E-state index contributed by atoms with van der Waals surface area (Å²) in [5, 5.41) is 5.06. The van der Waals surface area contributed by atoms with E-state index in [0.717, 1.165) is 23.1 Å². The number of thioether (sulfide) groups is 1. The fourth-order valence-corrected chi connectivity index (χ4v) is 4.31. The largest absolute Gasteiger partial charge is 0.385 e. The molecule has 0 aliphatic carbocycles. The maximum Gasteiger partial charge on any atom is 0.321 e. The predicted octanol–water partition coefficient (Wildman–Crippen LogP) is 1.99. The fraction of sp³-hybridized carbons (Fsp3) is 0.529. The number of hydrogen-bond acceptors (Lipinski definition) is 7. The highest BCUT2D eigenvalue weighted by Crippen LogP contribution is 2.27. The third-order valence-electron chi connectivity index (χ3n) is 3.86. The number of urea groups is 1. The van der Waals surface area contributed by atoms with Crippen molar-refractivity contribution in [3.05, 3.63) is 21.3 Å². The zero-order valence-electron chi connectivity index (χ0n) is 15.8. The van der Waals surface area contributed by atoms with Crippen molar-refractivity contribution >= 4 is 45.3 Å². The quantitative estimate of drug-likeness (QED) is 0.391. The van der Waals surface area contributed by atoms with Crippen LogP contribution in [0.1, 0.15) is 25.1 Å². The third kappa shape index (κ3) is 5.30. The van der Waals surface area contributed by atoms with Gasteiger partial charge in [-0.05, 0) is 25.8 Å². The van der Waals surface area contributed by atoms with Gasteiger partial charge in [0.15, 0.2) is 5.16 Å². The van der Waals surface area contributed by atoms with Crippen molar-refractivity contribution in [3.63, 3.8) is 0 Å². The number of nitrogens with one attached hydrogen (secondary N) is 2. The van der Waals surface area contributed by atoms with E-state index in [0.29, 0.717) is 34.9 Å². The molecule has 0 saturated carbocycles. The molecule has 148 valence electrons. The van der Waals surface area contributed by atoms with Crippen molar-refractivity contribution in [2.24, 2.45) is 0 Å². The van der Waals surface area contributed by atoms with E-state index in [1.54, 1.807) is 18.6 Å². The summed E-state index contributed by atoms with van der Waals surface area (Å²) in [6.45, 7) is 4.66. The van der Waals surface area contributed by atoms with E-state index >= 15 is 0 Å². The van der Waals surface area contributed by atoms with Crippen molar-refractivity contribution in [1.82, 2.24) is 20.2 Å². The van der Waals surface area contributed by atoms with Crippen LogP contribution in [-0.4, -0.2) is 47.5 Å². The standard InChI is InChI=1S/C17H24N4O4S2/c1-5-11-9-12-14(27-11)20-17(21(15(12)23)7-6-8-25-4)26-10(2)13(22)19-16(24)18-3/h9-10H,5-8H2,1-4H3,(H2,18,19,22,24). The number of carbonyl (C=O) groups excluding carboxylic acids is 2. The number of aryl methyl sites for hydroxylation is 1. The third-order valence-corrected chi connectivity index (χ3v) is 6.12. The van der Waals surface area contributed by atoms with Gasteiger partial charge in [0, 0.05) is 32.2 Å². The molecule has 0 saturated heterocycles. The molecular formula is C17H24N4O4S2. The molecular weight excluding hydrogens is 388 g/mol. The number of carbonyl (C=O) groups is 2. The molecule has 3 amide bonds. The lowest BCUT2D eigenvalue weighted by Crippen LogP contribution is -2.41. The highest BCUT2D eigenvalue weighted by Gasteiger charge is 2.21. The molecule has 2 aromatic rings. The molecule has 0 fully saturated rings. The van der Waals surface area contributed by atoms with E-state index in [1.807, 2.05) is 13.0 Å². The van der Waals surface area contributed by atoms with Crippen LogP contribution in [0.2, 0.25) is 0 Å². The SMILES string of the molecule is CCc1cc2c(=O)n(CCCOC)c(SC(C)C(=O)NC(=O)NC)nc2s1. The molecule has 0 aliphatic rings. The monoisotopic (exact) mass is 412 g/mol. The maximum atomic E-state index is 13.0. The molecule has 1 atom stereocenters. The van der Waals surface area contributed by atoms with Crippen LogP contribution in [-0.2, 0) is 22.5 Å². The first-order valence-corrected chi connectivity index (χ1v) is 10.3. The Labute approximate surface area is 165 Å². The molecule has 2 heterocycles. The Morgan fingerprint density at radius 3 is 2.81 bits per heavy atom. The Morgan fingerprint density at radius 2 is 2.19 bits per heavy atom. The predicted molar refractivity (Wildman–Crippen MR) is 108 cm³/mol. The lowest BCUT2D eigenvalue weighted by molar-refractivity contribution is -0.119. The summed E-state index contributed by atoms with van der Waals surface area (Å²) in [6, 6.07) is 1.32. The topological polar surface area (TPSA) is 102 Å². The number of hydrogen-bond donors (Lipinski definition) is 2. The molecule has 0 spiro atoms. The van der Waals surface area contributed by atoms with Gasteiger partial charge in [0.2, 0.25) is 5.91 Å². The molecule has 0 aromatic carbocycles. The lowest BCUT2D eigenvalue weighted by atomic mass is 10.3. The summed E-state index contributed by atoms with van der Waals surface area (Å²) in [5.74, 6) is -0.447. The number of rotatable bonds is 8. The van der Waals surface area contributed by atoms with Crippen LogP contribution in [0.3, 0.4) is 0 Å². The van der Waals surface area contributed by atoms with Gasteiger partial charge in [-0.1, -0.05) is 18.7 Å². The number of aromatic nitrogens is 2. The van der Waals surface area contributed by atoms with Crippen LogP contribution >= 0.6 is 23.1 Å². The number of ether oxygens (including phenoxy) is 1. The highest BCUT2D eigenvalue weighted by molar-refractivity contribution is 8.00. The van der Waals surface area contributed by atoms with Crippen LogP contribution in [0, 0.1) is 0 Å². The van der Waals surface area contributed by atoms with Crippen LogP contribution < -0.4 is 16.2 Å². The van der Waals surface area contributed by atoms with E-state index in [9.17, 15) is 14.4 Å². The first kappa shape index (κ1) is 21.4. The Hall–Kier alpha value is -1.91. The van der Waals surface area contributed by atoms with Crippen molar-refractivity contribution in [2.75, 3.05) is 20.8 Å². The second-order valence-electron chi connectivity index (χ2n) is 5.81. The molecule has 0 aliphatic heterocycles. The molecule has 10 heteroatoms. The normalized spacial score (nSPS) is 12.1. The van der Waals surface area contributed by atoms with E-state index in [1.165, 1.54) is 18.4 Å². The average molecular weight is 413 g/mol. The van der Waals surface area contributed by atoms with Gasteiger partial charge < -0.3 is 10.1 Å². The minimum Gasteiger partial charge on any atom is -0.385 e. The van der Waals surface area contributed by atoms with Gasteiger partial charge in [0.05, 0.1) is 10.6 Å². The minimum absolute atomic E-state index is 0.117. The Bertz CT molecular complexity index is 878. The highest BCUT2D eigenvalue weighted by atomic mass is 32.2. The molecule has 0 bridgehead atoms. The molecule has 0 radical (unpaired) electrons. The molecule has 2 rings (SSSR count). The van der Waals surface area contributed by atoms with Crippen LogP contribution in [0.15, 0.2) is 16.0 Å². The van der Waals surface area contributed by atoms with Gasteiger partial charge in [-0.3, -0.25) is 19.5 Å². The average Bonchev–Trinajstić information content (AvgIpc) is 3.07. The van der Waals surface area contributed by atoms with Crippen molar-refractivity contribution in [3.8, 4) is 0 Å². The van der Waals surface area contributed by atoms with E-state index in [4.69, 9.17) is 4.74 Å². The van der Waals surface area contributed by atoms with Gasteiger partial charge in [-0.15, -0.1) is 11.3 Å². The van der Waals surface area contributed by atoms with Gasteiger partial charge in [0.1, 0.15) is 4.83 Å². The number of amides is 3. The zero-order valence-corrected chi connectivity index (χ0v) is 17.5. The van der Waals surface area contributed by atoms with Crippen molar-refractivity contribution in [1.29, 1.82) is 0 Å². The second kappa shape index (κ2) is 9.86. The first-order valence-electron chi connectivity index (χ1n) is 8.62. The van der Waals surface area contributed by atoms with Crippen LogP contribution in [0.5, 0.6) is 0 Å². The Balaban J connectivity index is 2.36. The summed E-state index contributed by atoms with van der Waals surface area (Å²) < 4.78 is 6.66. The van der Waals surface area contributed by atoms with E-state index < -0.39 is 17.2 Å². The van der Waals surface area contributed by atoms with Gasteiger partial charge in [-0.25, -0.2) is 9.78 Å². The molecule has 8 nitrogen and oxygen atoms in total. The number of fused-ring (bicyclic) bond motifs is 1. The molecule has 1 unspecified atom stereocenters. The lowest BCUT2D eigenvalue weighted by Gasteiger charge is -2.15. The second-order valence-corrected chi connectivity index (χ2v) is 8.23. The van der Waals surface area contributed by atoms with E-state index in [-0.39, 0.29) is 5.56 Å². The summed E-state index contributed by atoms with van der Waals surface area (Å²) in [7, 11) is 3.04. The number of thiophene rings is 1.